The molecule has 25 heavy (non-hydrogen) atoms. The van der Waals surface area contributed by atoms with Crippen LogP contribution in [0, 0.1) is 5.92 Å². The highest BCUT2D eigenvalue weighted by molar-refractivity contribution is 5.86. The van der Waals surface area contributed by atoms with Gasteiger partial charge < -0.3 is 15.1 Å². The van der Waals surface area contributed by atoms with Crippen molar-refractivity contribution < 1.29 is 14.4 Å². The van der Waals surface area contributed by atoms with Crippen LogP contribution in [-0.2, 0) is 14.4 Å². The predicted octanol–water partition coefficient (Wildman–Crippen LogP) is 0.0594. The van der Waals surface area contributed by atoms with Gasteiger partial charge in [-0.3, -0.25) is 19.3 Å². The molecule has 7 heteroatoms. The summed E-state index contributed by atoms with van der Waals surface area (Å²) < 4.78 is 0. The van der Waals surface area contributed by atoms with Crippen LogP contribution in [0.25, 0.3) is 0 Å². The van der Waals surface area contributed by atoms with E-state index in [4.69, 9.17) is 0 Å². The van der Waals surface area contributed by atoms with Crippen molar-refractivity contribution in [3.63, 3.8) is 0 Å². The first kappa shape index (κ1) is 18.2. The molecule has 0 unspecified atom stereocenters. The SMILES string of the molecule is O=C1CN(C(=O)CN2CCN(C(=O)CCC3CCCC3)CC2)CCN1. The Kier molecular flexibility index (Phi) is 6.29. The Morgan fingerprint density at radius 3 is 2.36 bits per heavy atom. The van der Waals surface area contributed by atoms with Gasteiger partial charge >= 0.3 is 0 Å². The van der Waals surface area contributed by atoms with Crippen molar-refractivity contribution in [2.75, 3.05) is 52.4 Å². The van der Waals surface area contributed by atoms with Gasteiger partial charge in [0, 0.05) is 45.7 Å². The van der Waals surface area contributed by atoms with Crippen molar-refractivity contribution in [1.82, 2.24) is 20.0 Å². The standard InChI is InChI=1S/C18H30N4O3/c23-16-13-22(8-7-19-16)18(25)14-20-9-11-21(12-10-20)17(24)6-5-15-3-1-2-4-15/h15H,1-14H2,(H,19,23). The predicted molar refractivity (Wildman–Crippen MR) is 93.8 cm³/mol. The number of hydrogen-bond donors (Lipinski definition) is 1. The second-order valence-corrected chi connectivity index (χ2v) is 7.51. The highest BCUT2D eigenvalue weighted by atomic mass is 16.2. The molecule has 0 aromatic heterocycles. The number of rotatable bonds is 5. The van der Waals surface area contributed by atoms with Crippen molar-refractivity contribution >= 4 is 17.7 Å². The third-order valence-electron chi connectivity index (χ3n) is 5.72. The minimum Gasteiger partial charge on any atom is -0.353 e. The van der Waals surface area contributed by atoms with E-state index in [0.29, 0.717) is 39.1 Å². The fourth-order valence-corrected chi connectivity index (χ4v) is 4.08. The summed E-state index contributed by atoms with van der Waals surface area (Å²) in [6.45, 7) is 4.52. The van der Waals surface area contributed by atoms with Gasteiger partial charge in [-0.05, 0) is 12.3 Å². The number of carbonyl (C=O) groups excluding carboxylic acids is 3. The van der Waals surface area contributed by atoms with Crippen molar-refractivity contribution in [3.8, 4) is 0 Å². The Bertz CT molecular complexity index is 497. The molecular formula is C18H30N4O3. The zero-order chi connectivity index (χ0) is 17.6. The Morgan fingerprint density at radius 1 is 0.960 bits per heavy atom. The molecule has 1 saturated carbocycles. The van der Waals surface area contributed by atoms with Gasteiger partial charge in [-0.25, -0.2) is 0 Å². The van der Waals surface area contributed by atoms with Crippen LogP contribution in [0.2, 0.25) is 0 Å². The van der Waals surface area contributed by atoms with Crippen molar-refractivity contribution in [2.45, 2.75) is 38.5 Å². The topological polar surface area (TPSA) is 73.0 Å². The molecular weight excluding hydrogens is 320 g/mol. The van der Waals surface area contributed by atoms with E-state index in [1.807, 2.05) is 4.90 Å². The van der Waals surface area contributed by atoms with Crippen LogP contribution in [0.5, 0.6) is 0 Å². The number of nitrogens with one attached hydrogen (secondary N) is 1. The van der Waals surface area contributed by atoms with Gasteiger partial charge in [0.1, 0.15) is 0 Å². The third-order valence-corrected chi connectivity index (χ3v) is 5.72. The van der Waals surface area contributed by atoms with Crippen molar-refractivity contribution in [3.05, 3.63) is 0 Å². The van der Waals surface area contributed by atoms with E-state index < -0.39 is 0 Å². The molecule has 2 heterocycles. The lowest BCUT2D eigenvalue weighted by Gasteiger charge is -2.36. The molecule has 3 rings (SSSR count). The van der Waals surface area contributed by atoms with Crippen LogP contribution in [0.15, 0.2) is 0 Å². The van der Waals surface area contributed by atoms with E-state index in [1.165, 1.54) is 25.7 Å². The molecule has 3 fully saturated rings. The van der Waals surface area contributed by atoms with Crippen LogP contribution in [-0.4, -0.2) is 84.8 Å². The molecule has 0 spiro atoms. The smallest absolute Gasteiger partial charge is 0.239 e. The molecule has 1 aliphatic carbocycles. The van der Waals surface area contributed by atoms with E-state index in [2.05, 4.69) is 10.2 Å². The largest absolute Gasteiger partial charge is 0.353 e. The Labute approximate surface area is 149 Å². The summed E-state index contributed by atoms with van der Waals surface area (Å²) in [4.78, 5) is 41.7. The van der Waals surface area contributed by atoms with Gasteiger partial charge in [0.05, 0.1) is 13.1 Å². The summed E-state index contributed by atoms with van der Waals surface area (Å²) >= 11 is 0. The number of piperazine rings is 2. The average molecular weight is 350 g/mol. The number of amides is 3. The van der Waals surface area contributed by atoms with E-state index in [0.717, 1.165) is 25.4 Å². The number of carbonyl (C=O) groups is 3. The molecule has 0 aromatic carbocycles. The molecule has 7 nitrogen and oxygen atoms in total. The molecule has 0 atom stereocenters. The minimum absolute atomic E-state index is 0.0101. The lowest BCUT2D eigenvalue weighted by atomic mass is 10.0. The fourth-order valence-electron chi connectivity index (χ4n) is 4.08. The second kappa shape index (κ2) is 8.65. The normalized spacial score (nSPS) is 23.0. The molecule has 3 amide bonds. The van der Waals surface area contributed by atoms with Crippen LogP contribution in [0.4, 0.5) is 0 Å². The van der Waals surface area contributed by atoms with Crippen LogP contribution in [0.1, 0.15) is 38.5 Å². The highest BCUT2D eigenvalue weighted by Gasteiger charge is 2.26. The monoisotopic (exact) mass is 350 g/mol. The molecule has 1 N–H and O–H groups in total. The van der Waals surface area contributed by atoms with Crippen LogP contribution < -0.4 is 5.32 Å². The van der Waals surface area contributed by atoms with E-state index in [1.54, 1.807) is 4.90 Å². The molecule has 2 aliphatic heterocycles. The highest BCUT2D eigenvalue weighted by Crippen LogP contribution is 2.28. The third kappa shape index (κ3) is 5.17. The van der Waals surface area contributed by atoms with E-state index >= 15 is 0 Å². The Morgan fingerprint density at radius 2 is 1.68 bits per heavy atom. The van der Waals surface area contributed by atoms with Crippen molar-refractivity contribution in [2.24, 2.45) is 5.92 Å². The molecule has 140 valence electrons. The Balaban J connectivity index is 1.35. The summed E-state index contributed by atoms with van der Waals surface area (Å²) in [6, 6.07) is 0. The number of hydrogen-bond acceptors (Lipinski definition) is 4. The summed E-state index contributed by atoms with van der Waals surface area (Å²) in [5.41, 5.74) is 0. The maximum Gasteiger partial charge on any atom is 0.239 e. The zero-order valence-electron chi connectivity index (χ0n) is 15.0. The maximum atomic E-state index is 12.4. The molecule has 0 bridgehead atoms. The molecule has 2 saturated heterocycles. The Hall–Kier alpha value is -1.63. The quantitative estimate of drug-likeness (QED) is 0.761. The first-order valence-corrected chi connectivity index (χ1v) is 9.66. The van der Waals surface area contributed by atoms with Gasteiger partial charge in [-0.2, -0.15) is 0 Å². The first-order chi connectivity index (χ1) is 12.1. The lowest BCUT2D eigenvalue weighted by Crippen LogP contribution is -2.55. The minimum atomic E-state index is -0.0859. The number of nitrogens with zero attached hydrogens (tertiary/aromatic N) is 3. The lowest BCUT2D eigenvalue weighted by molar-refractivity contribution is -0.140. The van der Waals surface area contributed by atoms with E-state index in [9.17, 15) is 14.4 Å². The maximum absolute atomic E-state index is 12.4. The van der Waals surface area contributed by atoms with Gasteiger partial charge in [0.25, 0.3) is 0 Å². The summed E-state index contributed by atoms with van der Waals surface area (Å²) in [5.74, 6) is 0.948. The van der Waals surface area contributed by atoms with Gasteiger partial charge in [-0.15, -0.1) is 0 Å². The molecule has 3 aliphatic rings. The van der Waals surface area contributed by atoms with Gasteiger partial charge in [-0.1, -0.05) is 25.7 Å². The first-order valence-electron chi connectivity index (χ1n) is 9.66. The second-order valence-electron chi connectivity index (χ2n) is 7.51. The summed E-state index contributed by atoms with van der Waals surface area (Å²) in [5, 5.41) is 2.73. The average Bonchev–Trinajstić information content (AvgIpc) is 3.14. The van der Waals surface area contributed by atoms with Gasteiger partial charge in [0.15, 0.2) is 0 Å². The molecule has 0 radical (unpaired) electrons. The van der Waals surface area contributed by atoms with Crippen LogP contribution in [0.3, 0.4) is 0 Å². The van der Waals surface area contributed by atoms with Crippen LogP contribution >= 0.6 is 0 Å². The fraction of sp³-hybridized carbons (Fsp3) is 0.833. The molecule has 0 aromatic rings. The summed E-state index contributed by atoms with van der Waals surface area (Å²) in [7, 11) is 0. The van der Waals surface area contributed by atoms with E-state index in [-0.39, 0.29) is 24.3 Å². The van der Waals surface area contributed by atoms with Gasteiger partial charge in [0.2, 0.25) is 17.7 Å². The zero-order valence-corrected chi connectivity index (χ0v) is 15.0. The van der Waals surface area contributed by atoms with Crippen molar-refractivity contribution in [1.29, 1.82) is 0 Å². The summed E-state index contributed by atoms with van der Waals surface area (Å²) in [6.07, 6.45) is 6.94.